The number of nitrogens with zero attached hydrogens (tertiary/aromatic N) is 6. The lowest BCUT2D eigenvalue weighted by molar-refractivity contribution is -0.123. The Morgan fingerprint density at radius 2 is 1.10 bits per heavy atom. The smallest absolute Gasteiger partial charge is 0.222 e. The number of amides is 2. The van der Waals surface area contributed by atoms with E-state index in [0.717, 1.165) is 123 Å². The number of piperazine rings is 2. The highest BCUT2D eigenvalue weighted by atomic mass is 16.5. The Hall–Kier alpha value is -4.20. The minimum atomic E-state index is 0.124. The Morgan fingerprint density at radius 3 is 1.53 bits per heavy atom. The van der Waals surface area contributed by atoms with Crippen LogP contribution in [0.1, 0.15) is 84.0 Å². The second-order valence-electron chi connectivity index (χ2n) is 16.8. The molecule has 2 aliphatic carbocycles. The summed E-state index contributed by atoms with van der Waals surface area (Å²) >= 11 is 0. The van der Waals surface area contributed by atoms with Crippen LogP contribution in [0.15, 0.2) is 58.0 Å². The number of carbonyl (C=O) groups is 2. The lowest BCUT2D eigenvalue weighted by atomic mass is 9.84. The van der Waals surface area contributed by atoms with Gasteiger partial charge in [-0.2, -0.15) is 0 Å². The highest BCUT2D eigenvalue weighted by molar-refractivity contribution is 5.89. The summed E-state index contributed by atoms with van der Waals surface area (Å²) in [5, 5.41) is 8.54. The van der Waals surface area contributed by atoms with E-state index in [4.69, 9.17) is 13.6 Å². The molecule has 13 heteroatoms. The summed E-state index contributed by atoms with van der Waals surface area (Å²) in [5.41, 5.74) is 1.83. The van der Waals surface area contributed by atoms with E-state index >= 15 is 0 Å². The van der Waals surface area contributed by atoms with Gasteiger partial charge in [-0.15, -0.1) is 0 Å². The van der Waals surface area contributed by atoms with E-state index in [0.29, 0.717) is 31.5 Å². The molecule has 0 aromatic carbocycles. The Kier molecular flexibility index (Phi) is 15.3. The molecule has 4 aromatic heterocycles. The molecule has 4 aromatic rings. The minimum absolute atomic E-state index is 0.124. The molecule has 0 bridgehead atoms. The van der Waals surface area contributed by atoms with E-state index < -0.39 is 0 Å². The molecular weight excluding hydrogens is 733 g/mol. The summed E-state index contributed by atoms with van der Waals surface area (Å²) < 4.78 is 16.0. The average molecular weight is 799 g/mol. The van der Waals surface area contributed by atoms with E-state index in [-0.39, 0.29) is 11.8 Å². The third-order valence-corrected chi connectivity index (χ3v) is 13.0. The van der Waals surface area contributed by atoms with Crippen LogP contribution in [-0.4, -0.2) is 123 Å². The second-order valence-corrected chi connectivity index (χ2v) is 16.8. The maximum absolute atomic E-state index is 11.9. The molecule has 4 aliphatic rings. The zero-order valence-corrected chi connectivity index (χ0v) is 34.9. The van der Waals surface area contributed by atoms with Crippen molar-refractivity contribution in [3.8, 4) is 0 Å². The Balaban J connectivity index is 0.000000177. The molecule has 0 atom stereocenters. The first-order valence-corrected chi connectivity index (χ1v) is 22.1. The monoisotopic (exact) mass is 799 g/mol. The third kappa shape index (κ3) is 11.5. The highest BCUT2D eigenvalue weighted by Gasteiger charge is 2.26. The fraction of sp³-hybridized carbons (Fsp3) is 0.644. The summed E-state index contributed by atoms with van der Waals surface area (Å²) in [5.74, 6) is 4.02. The molecule has 8 rings (SSSR count). The summed E-state index contributed by atoms with van der Waals surface area (Å²) in [6, 6.07) is 8.65. The molecule has 0 unspecified atom stereocenters. The van der Waals surface area contributed by atoms with Crippen molar-refractivity contribution in [3.05, 3.63) is 49.2 Å². The van der Waals surface area contributed by atoms with Gasteiger partial charge in [0, 0.05) is 96.8 Å². The number of rotatable bonds is 14. The van der Waals surface area contributed by atoms with Crippen LogP contribution in [0, 0.1) is 11.8 Å². The van der Waals surface area contributed by atoms with Crippen molar-refractivity contribution in [1.82, 2.24) is 30.4 Å². The van der Waals surface area contributed by atoms with Gasteiger partial charge >= 0.3 is 0 Å². The number of anilines is 2. The van der Waals surface area contributed by atoms with Crippen LogP contribution in [0.3, 0.4) is 0 Å². The van der Waals surface area contributed by atoms with Crippen molar-refractivity contribution >= 4 is 45.4 Å². The maximum Gasteiger partial charge on any atom is 0.222 e. The fourth-order valence-corrected chi connectivity index (χ4v) is 9.38. The van der Waals surface area contributed by atoms with Gasteiger partial charge in [0.25, 0.3) is 0 Å². The molecule has 13 nitrogen and oxygen atoms in total. The zero-order chi connectivity index (χ0) is 40.1. The lowest BCUT2D eigenvalue weighted by Gasteiger charge is -2.37. The molecule has 316 valence electrons. The van der Waals surface area contributed by atoms with Crippen LogP contribution in [0.2, 0.25) is 0 Å². The van der Waals surface area contributed by atoms with Crippen LogP contribution < -0.4 is 20.4 Å². The highest BCUT2D eigenvalue weighted by Crippen LogP contribution is 2.31. The number of methoxy groups -OCH3 is 1. The number of pyridine rings is 2. The predicted octanol–water partition coefficient (Wildman–Crippen LogP) is 6.48. The number of furan rings is 2. The number of carbonyl (C=O) groups excluding carboxylic acids is 2. The van der Waals surface area contributed by atoms with Crippen molar-refractivity contribution in [2.24, 2.45) is 11.8 Å². The van der Waals surface area contributed by atoms with Crippen LogP contribution in [-0.2, 0) is 14.3 Å². The third-order valence-electron chi connectivity index (χ3n) is 13.0. The summed E-state index contributed by atoms with van der Waals surface area (Å²) in [7, 11) is 1.63. The minimum Gasteiger partial charge on any atom is -0.464 e. The van der Waals surface area contributed by atoms with Crippen molar-refractivity contribution in [2.45, 2.75) is 96.1 Å². The Bertz CT molecular complexity index is 1850. The number of hydrogen-bond acceptors (Lipinski definition) is 11. The van der Waals surface area contributed by atoms with Gasteiger partial charge in [0.15, 0.2) is 0 Å². The summed E-state index contributed by atoms with van der Waals surface area (Å²) in [4.78, 5) is 42.6. The second kappa shape index (κ2) is 21.2. The van der Waals surface area contributed by atoms with E-state index in [1.54, 1.807) is 19.6 Å². The maximum atomic E-state index is 11.9. The van der Waals surface area contributed by atoms with Crippen LogP contribution in [0.5, 0.6) is 0 Å². The predicted molar refractivity (Wildman–Crippen MR) is 229 cm³/mol. The van der Waals surface area contributed by atoms with Gasteiger partial charge in [-0.05, 0) is 113 Å². The first-order chi connectivity index (χ1) is 28.4. The number of aromatic nitrogens is 2. The quantitative estimate of drug-likeness (QED) is 0.145. The standard InChI is InChI=1S/C23H34N4O3.C22H32N4O2/c1-29-16-9-22(28)25-19-4-2-18(3-5-19)7-11-26-12-14-27(15-13-26)23-20-8-17-30-21(20)6-10-24-23;1-2-21(27)24-18-5-3-17(4-6-18)8-11-25-12-14-26(15-13-25)22-19-9-16-28-20(19)7-10-23-22/h6,8,10,17-19H,2-5,7,9,11-16H2,1H3,(H,25,28);7,9-10,16-18H,2-6,8,11-15H2,1H3,(H,24,27)/t18-,19-;17-,18-. The largest absolute Gasteiger partial charge is 0.464 e. The van der Waals surface area contributed by atoms with Gasteiger partial charge in [0.1, 0.15) is 22.8 Å². The molecule has 2 aliphatic heterocycles. The first-order valence-electron chi connectivity index (χ1n) is 22.1. The molecule has 0 spiro atoms. The average Bonchev–Trinajstić information content (AvgIpc) is 3.97. The topological polar surface area (TPSA) is 132 Å². The van der Waals surface area contributed by atoms with Crippen molar-refractivity contribution in [1.29, 1.82) is 0 Å². The van der Waals surface area contributed by atoms with E-state index in [1.807, 2.05) is 43.6 Å². The SMILES string of the molecule is CCC(=O)N[C@H]1CC[C@H](CCN2CCN(c3nccc4occc34)CC2)CC1.COCCC(=O)N[C@H]1CC[C@H](CCN2CCN(c3nccc4occc34)CC2)CC1. The molecule has 0 radical (unpaired) electrons. The van der Waals surface area contributed by atoms with Gasteiger partial charge in [-0.25, -0.2) is 9.97 Å². The van der Waals surface area contributed by atoms with Gasteiger partial charge in [-0.1, -0.05) is 6.92 Å². The first kappa shape index (κ1) is 41.9. The van der Waals surface area contributed by atoms with Crippen LogP contribution in [0.4, 0.5) is 11.6 Å². The summed E-state index contributed by atoms with van der Waals surface area (Å²) in [6.07, 6.45) is 20.2. The lowest BCUT2D eigenvalue weighted by Crippen LogP contribution is -2.47. The molecule has 6 heterocycles. The molecule has 2 amide bonds. The summed E-state index contributed by atoms with van der Waals surface area (Å²) in [6.45, 7) is 13.2. The normalized spacial score (nSPS) is 23.4. The van der Waals surface area contributed by atoms with E-state index in [9.17, 15) is 9.59 Å². The Morgan fingerprint density at radius 1 is 0.655 bits per heavy atom. The molecule has 4 fully saturated rings. The molecule has 2 saturated carbocycles. The van der Waals surface area contributed by atoms with Gasteiger partial charge < -0.3 is 34.0 Å². The van der Waals surface area contributed by atoms with Gasteiger partial charge in [-0.3, -0.25) is 19.4 Å². The van der Waals surface area contributed by atoms with Crippen LogP contribution >= 0.6 is 0 Å². The molecule has 58 heavy (non-hydrogen) atoms. The van der Waals surface area contributed by atoms with E-state index in [2.05, 4.69) is 40.2 Å². The van der Waals surface area contributed by atoms with Gasteiger partial charge in [0.05, 0.1) is 29.9 Å². The van der Waals surface area contributed by atoms with Crippen molar-refractivity contribution < 1.29 is 23.2 Å². The van der Waals surface area contributed by atoms with Crippen molar-refractivity contribution in [2.75, 3.05) is 89.0 Å². The molecular formula is C45H66N8O5. The number of nitrogens with one attached hydrogen (secondary N) is 2. The number of hydrogen-bond donors (Lipinski definition) is 2. The van der Waals surface area contributed by atoms with Crippen molar-refractivity contribution in [3.63, 3.8) is 0 Å². The van der Waals surface area contributed by atoms with Gasteiger partial charge in [0.2, 0.25) is 11.8 Å². The molecule has 2 N–H and O–H groups in total. The fourth-order valence-electron chi connectivity index (χ4n) is 9.38. The Labute approximate surface area is 344 Å². The number of fused-ring (bicyclic) bond motifs is 2. The number of ether oxygens (including phenoxy) is 1. The van der Waals surface area contributed by atoms with Crippen LogP contribution in [0.25, 0.3) is 21.9 Å². The zero-order valence-electron chi connectivity index (χ0n) is 34.9. The molecule has 2 saturated heterocycles. The van der Waals surface area contributed by atoms with E-state index in [1.165, 1.54) is 51.6 Å².